The van der Waals surface area contributed by atoms with Gasteiger partial charge in [0.15, 0.2) is 5.84 Å². The molecule has 0 radical (unpaired) electrons. The molecule has 1 aliphatic carbocycles. The van der Waals surface area contributed by atoms with E-state index < -0.39 is 0 Å². The minimum Gasteiger partial charge on any atom is -0.474 e. The zero-order chi connectivity index (χ0) is 13.7. The Kier molecular flexibility index (Phi) is 4.60. The van der Waals surface area contributed by atoms with E-state index >= 15 is 0 Å². The van der Waals surface area contributed by atoms with Crippen molar-refractivity contribution in [3.05, 3.63) is 23.4 Å². The van der Waals surface area contributed by atoms with E-state index in [4.69, 9.17) is 15.7 Å². The van der Waals surface area contributed by atoms with E-state index in [2.05, 4.69) is 10.1 Å². The van der Waals surface area contributed by atoms with Gasteiger partial charge in [0, 0.05) is 5.69 Å². The zero-order valence-corrected chi connectivity index (χ0v) is 11.3. The fourth-order valence-corrected chi connectivity index (χ4v) is 2.39. The highest BCUT2D eigenvalue weighted by molar-refractivity contribution is 5.99. The number of pyridine rings is 1. The second-order valence-corrected chi connectivity index (χ2v) is 5.02. The van der Waals surface area contributed by atoms with Crippen LogP contribution in [-0.4, -0.2) is 22.1 Å². The van der Waals surface area contributed by atoms with E-state index in [9.17, 15) is 0 Å². The van der Waals surface area contributed by atoms with Crippen LogP contribution in [-0.2, 0) is 0 Å². The van der Waals surface area contributed by atoms with Crippen LogP contribution in [0.5, 0.6) is 5.88 Å². The lowest BCUT2D eigenvalue weighted by atomic mass is 10.1. The summed E-state index contributed by atoms with van der Waals surface area (Å²) in [5.41, 5.74) is 7.07. The number of ether oxygens (including phenoxy) is 1. The van der Waals surface area contributed by atoms with Crippen molar-refractivity contribution < 1.29 is 9.94 Å². The Balaban J connectivity index is 2.19. The van der Waals surface area contributed by atoms with Crippen LogP contribution in [0.4, 0.5) is 0 Å². The highest BCUT2D eigenvalue weighted by Crippen LogP contribution is 2.24. The summed E-state index contributed by atoms with van der Waals surface area (Å²) >= 11 is 0. The van der Waals surface area contributed by atoms with Crippen LogP contribution in [0.2, 0.25) is 0 Å². The molecular formula is C14H21N3O2. The van der Waals surface area contributed by atoms with Crippen molar-refractivity contribution in [3.63, 3.8) is 0 Å². The summed E-state index contributed by atoms with van der Waals surface area (Å²) in [6, 6.07) is 3.61. The third kappa shape index (κ3) is 3.59. The highest BCUT2D eigenvalue weighted by Gasteiger charge is 2.18. The van der Waals surface area contributed by atoms with E-state index in [1.54, 1.807) is 6.07 Å². The third-order valence-electron chi connectivity index (χ3n) is 3.46. The Labute approximate surface area is 113 Å². The van der Waals surface area contributed by atoms with Crippen molar-refractivity contribution in [2.45, 2.75) is 51.6 Å². The fraction of sp³-hybridized carbons (Fsp3) is 0.571. The van der Waals surface area contributed by atoms with Gasteiger partial charge in [0.25, 0.3) is 0 Å². The average molecular weight is 263 g/mol. The van der Waals surface area contributed by atoms with Crippen LogP contribution in [0.15, 0.2) is 17.3 Å². The molecule has 1 fully saturated rings. The number of hydrogen-bond acceptors (Lipinski definition) is 4. The predicted octanol–water partition coefficient (Wildman–Crippen LogP) is 2.59. The van der Waals surface area contributed by atoms with Gasteiger partial charge < -0.3 is 15.7 Å². The predicted molar refractivity (Wildman–Crippen MR) is 73.6 cm³/mol. The lowest BCUT2D eigenvalue weighted by Crippen LogP contribution is -2.21. The molecule has 1 heterocycles. The van der Waals surface area contributed by atoms with Crippen LogP contribution in [0.3, 0.4) is 0 Å². The molecule has 2 rings (SSSR count). The molecule has 1 aromatic heterocycles. The van der Waals surface area contributed by atoms with Gasteiger partial charge in [-0.3, -0.25) is 0 Å². The topological polar surface area (TPSA) is 80.7 Å². The third-order valence-corrected chi connectivity index (χ3v) is 3.46. The molecule has 0 amide bonds. The Hall–Kier alpha value is -1.78. The maximum Gasteiger partial charge on any atom is 0.225 e. The minimum atomic E-state index is 0.0381. The molecule has 0 aliphatic heterocycles. The van der Waals surface area contributed by atoms with E-state index in [0.717, 1.165) is 18.5 Å². The molecular weight excluding hydrogens is 242 g/mol. The van der Waals surface area contributed by atoms with Crippen molar-refractivity contribution in [2.75, 3.05) is 0 Å². The number of hydrogen-bond donors (Lipinski definition) is 2. The lowest BCUT2D eigenvalue weighted by molar-refractivity contribution is 0.175. The Morgan fingerprint density at radius 2 is 2.00 bits per heavy atom. The van der Waals surface area contributed by atoms with Gasteiger partial charge in [-0.2, -0.15) is 0 Å². The molecule has 19 heavy (non-hydrogen) atoms. The Bertz CT molecular complexity index is 452. The van der Waals surface area contributed by atoms with Gasteiger partial charge >= 0.3 is 0 Å². The lowest BCUT2D eigenvalue weighted by Gasteiger charge is -2.18. The fourth-order valence-electron chi connectivity index (χ4n) is 2.39. The van der Waals surface area contributed by atoms with Crippen molar-refractivity contribution in [2.24, 2.45) is 10.9 Å². The number of nitrogens with two attached hydrogens (primary N) is 1. The zero-order valence-electron chi connectivity index (χ0n) is 11.3. The largest absolute Gasteiger partial charge is 0.474 e. The summed E-state index contributed by atoms with van der Waals surface area (Å²) in [5.74, 6) is 0.512. The summed E-state index contributed by atoms with van der Waals surface area (Å²) < 4.78 is 5.99. The van der Waals surface area contributed by atoms with Gasteiger partial charge in [-0.05, 0) is 44.7 Å². The number of oxime groups is 1. The van der Waals surface area contributed by atoms with Gasteiger partial charge in [0.2, 0.25) is 5.88 Å². The van der Waals surface area contributed by atoms with Crippen LogP contribution in [0.25, 0.3) is 0 Å². The molecule has 1 aliphatic rings. The molecule has 0 atom stereocenters. The maximum absolute atomic E-state index is 8.81. The molecule has 3 N–H and O–H groups in total. The van der Waals surface area contributed by atoms with Crippen molar-refractivity contribution >= 4 is 5.84 Å². The highest BCUT2D eigenvalue weighted by atomic mass is 16.5. The Morgan fingerprint density at radius 3 is 2.63 bits per heavy atom. The monoisotopic (exact) mass is 263 g/mol. The minimum absolute atomic E-state index is 0.0381. The number of rotatable bonds is 3. The number of amidine groups is 1. The van der Waals surface area contributed by atoms with Crippen molar-refractivity contribution in [1.29, 1.82) is 0 Å². The second-order valence-electron chi connectivity index (χ2n) is 5.02. The first kappa shape index (κ1) is 13.6. The Morgan fingerprint density at radius 1 is 1.32 bits per heavy atom. The summed E-state index contributed by atoms with van der Waals surface area (Å²) in [5, 5.41) is 11.8. The van der Waals surface area contributed by atoms with Gasteiger partial charge in [-0.15, -0.1) is 0 Å². The molecule has 0 saturated heterocycles. The summed E-state index contributed by atoms with van der Waals surface area (Å²) in [6.45, 7) is 1.90. The molecule has 5 nitrogen and oxygen atoms in total. The summed E-state index contributed by atoms with van der Waals surface area (Å²) in [4.78, 5) is 4.37. The number of aryl methyl sites for hydroxylation is 1. The average Bonchev–Trinajstić information content (AvgIpc) is 2.67. The molecule has 104 valence electrons. The maximum atomic E-state index is 8.81. The van der Waals surface area contributed by atoms with Gasteiger partial charge in [-0.25, -0.2) is 4.98 Å². The molecule has 0 bridgehead atoms. The van der Waals surface area contributed by atoms with E-state index in [0.29, 0.717) is 11.4 Å². The molecule has 0 unspecified atom stereocenters. The van der Waals surface area contributed by atoms with Crippen LogP contribution in [0, 0.1) is 6.92 Å². The number of aromatic nitrogens is 1. The summed E-state index contributed by atoms with van der Waals surface area (Å²) in [6.07, 6.45) is 7.20. The van der Waals surface area contributed by atoms with E-state index in [1.807, 2.05) is 13.0 Å². The van der Waals surface area contributed by atoms with E-state index in [1.165, 1.54) is 25.7 Å². The van der Waals surface area contributed by atoms with Crippen LogP contribution in [0.1, 0.15) is 49.8 Å². The standard InChI is InChI=1S/C14H21N3O2/c1-10-8-9-12(13(15)17-18)14(16-10)19-11-6-4-2-3-5-7-11/h8-9,11,18H,2-7H2,1H3,(H2,15,17). The van der Waals surface area contributed by atoms with Gasteiger partial charge in [0.1, 0.15) is 6.10 Å². The molecule has 5 heteroatoms. The van der Waals surface area contributed by atoms with Crippen molar-refractivity contribution in [3.8, 4) is 5.88 Å². The first-order valence-electron chi connectivity index (χ1n) is 6.83. The molecule has 0 aromatic carbocycles. The SMILES string of the molecule is Cc1ccc(C(N)=NO)c(OC2CCCCCC2)n1. The van der Waals surface area contributed by atoms with Crippen LogP contribution < -0.4 is 10.5 Å². The smallest absolute Gasteiger partial charge is 0.225 e. The van der Waals surface area contributed by atoms with Crippen molar-refractivity contribution in [1.82, 2.24) is 4.98 Å². The summed E-state index contributed by atoms with van der Waals surface area (Å²) in [7, 11) is 0. The molecule has 0 spiro atoms. The van der Waals surface area contributed by atoms with Gasteiger partial charge in [0.05, 0.1) is 5.56 Å². The quantitative estimate of drug-likeness (QED) is 0.289. The van der Waals surface area contributed by atoms with Crippen LogP contribution >= 0.6 is 0 Å². The number of nitrogens with zero attached hydrogens (tertiary/aromatic N) is 2. The molecule has 1 saturated carbocycles. The first-order valence-corrected chi connectivity index (χ1v) is 6.83. The van der Waals surface area contributed by atoms with E-state index in [-0.39, 0.29) is 11.9 Å². The first-order chi connectivity index (χ1) is 9.20. The second kappa shape index (κ2) is 6.41. The van der Waals surface area contributed by atoms with Gasteiger partial charge in [-0.1, -0.05) is 18.0 Å². The normalized spacial score (nSPS) is 18.1. The molecule has 1 aromatic rings.